The smallest absolute Gasteiger partial charge is 0.232 e. The monoisotopic (exact) mass is 335 g/mol. The van der Waals surface area contributed by atoms with E-state index in [1.54, 1.807) is 17.0 Å². The van der Waals surface area contributed by atoms with Gasteiger partial charge in [-0.15, -0.1) is 0 Å². The number of anilines is 1. The number of carbonyl (C=O) groups is 2. The minimum atomic E-state index is -0.356. The van der Waals surface area contributed by atoms with E-state index < -0.39 is 0 Å². The van der Waals surface area contributed by atoms with Crippen LogP contribution in [0.5, 0.6) is 0 Å². The number of halogens is 1. The summed E-state index contributed by atoms with van der Waals surface area (Å²) in [5.41, 5.74) is 2.95. The molecule has 126 valence electrons. The molecule has 1 atom stereocenters. The van der Waals surface area contributed by atoms with Gasteiger partial charge in [0.15, 0.2) is 5.78 Å². The van der Waals surface area contributed by atoms with E-state index in [2.05, 4.69) is 0 Å². The minimum absolute atomic E-state index is 0.0473. The second kappa shape index (κ2) is 6.28. The van der Waals surface area contributed by atoms with Gasteiger partial charge in [0.1, 0.15) is 5.82 Å². The van der Waals surface area contributed by atoms with Crippen LogP contribution >= 0.6 is 0 Å². The van der Waals surface area contributed by atoms with Gasteiger partial charge in [0.05, 0.1) is 0 Å². The molecular formula is C21H18FNO2. The molecule has 1 heterocycles. The number of benzene rings is 2. The van der Waals surface area contributed by atoms with Crippen molar-refractivity contribution in [1.29, 1.82) is 0 Å². The molecule has 2 aromatic rings. The fourth-order valence-electron chi connectivity index (χ4n) is 3.88. The van der Waals surface area contributed by atoms with Crippen LogP contribution in [0.4, 0.5) is 10.1 Å². The van der Waals surface area contributed by atoms with Crippen molar-refractivity contribution in [2.45, 2.75) is 31.6 Å². The van der Waals surface area contributed by atoms with Crippen molar-refractivity contribution >= 4 is 17.4 Å². The molecule has 0 radical (unpaired) electrons. The summed E-state index contributed by atoms with van der Waals surface area (Å²) in [6, 6.07) is 15.7. The molecular weight excluding hydrogens is 317 g/mol. The summed E-state index contributed by atoms with van der Waals surface area (Å²) in [6.45, 7) is 0. The Kier molecular flexibility index (Phi) is 3.96. The molecule has 2 aromatic carbocycles. The highest BCUT2D eigenvalue weighted by molar-refractivity contribution is 6.07. The summed E-state index contributed by atoms with van der Waals surface area (Å²) in [6.07, 6.45) is 2.10. The third-order valence-corrected chi connectivity index (χ3v) is 4.94. The SMILES string of the molecule is O=C1CCCC2=C1C(c1cccc(F)c1)CC(=O)N2c1ccccc1. The van der Waals surface area contributed by atoms with E-state index in [0.717, 1.165) is 17.8 Å². The van der Waals surface area contributed by atoms with Gasteiger partial charge in [-0.1, -0.05) is 30.3 Å². The minimum Gasteiger partial charge on any atom is -0.294 e. The second-order valence-electron chi connectivity index (χ2n) is 6.51. The second-order valence-corrected chi connectivity index (χ2v) is 6.51. The van der Waals surface area contributed by atoms with Crippen LogP contribution in [0.25, 0.3) is 0 Å². The quantitative estimate of drug-likeness (QED) is 0.818. The largest absolute Gasteiger partial charge is 0.294 e. The normalized spacial score (nSPS) is 20.7. The Bertz CT molecular complexity index is 872. The zero-order valence-corrected chi connectivity index (χ0v) is 13.7. The molecule has 4 rings (SSSR count). The van der Waals surface area contributed by atoms with E-state index in [1.165, 1.54) is 12.1 Å². The lowest BCUT2D eigenvalue weighted by Gasteiger charge is -2.38. The van der Waals surface area contributed by atoms with Gasteiger partial charge in [0, 0.05) is 35.7 Å². The molecule has 0 N–H and O–H groups in total. The van der Waals surface area contributed by atoms with E-state index >= 15 is 0 Å². The Morgan fingerprint density at radius 1 is 0.960 bits per heavy atom. The Hall–Kier alpha value is -2.75. The fraction of sp³-hybridized carbons (Fsp3) is 0.238. The molecule has 3 nitrogen and oxygen atoms in total. The first-order valence-corrected chi connectivity index (χ1v) is 8.55. The lowest BCUT2D eigenvalue weighted by atomic mass is 9.77. The summed E-state index contributed by atoms with van der Waals surface area (Å²) in [5, 5.41) is 0. The van der Waals surface area contributed by atoms with Crippen molar-refractivity contribution in [3.8, 4) is 0 Å². The van der Waals surface area contributed by atoms with Crippen molar-refractivity contribution < 1.29 is 14.0 Å². The first-order valence-electron chi connectivity index (χ1n) is 8.55. The molecule has 2 aliphatic rings. The number of ketones is 1. The number of hydrogen-bond acceptors (Lipinski definition) is 2. The molecule has 0 saturated heterocycles. The maximum atomic E-state index is 13.7. The zero-order valence-electron chi connectivity index (χ0n) is 13.7. The number of hydrogen-bond donors (Lipinski definition) is 0. The summed E-state index contributed by atoms with van der Waals surface area (Å²) in [5.74, 6) is -0.676. The summed E-state index contributed by atoms with van der Waals surface area (Å²) >= 11 is 0. The molecule has 0 bridgehead atoms. The average Bonchev–Trinajstić information content (AvgIpc) is 2.62. The van der Waals surface area contributed by atoms with Crippen LogP contribution in [0.3, 0.4) is 0 Å². The highest BCUT2D eigenvalue weighted by atomic mass is 19.1. The predicted octanol–water partition coefficient (Wildman–Crippen LogP) is 4.35. The van der Waals surface area contributed by atoms with Crippen molar-refractivity contribution in [2.24, 2.45) is 0 Å². The summed E-state index contributed by atoms with van der Waals surface area (Å²) in [7, 11) is 0. The van der Waals surface area contributed by atoms with Gasteiger partial charge >= 0.3 is 0 Å². The number of carbonyl (C=O) groups excluding carboxylic acids is 2. The molecule has 0 fully saturated rings. The van der Waals surface area contributed by atoms with Gasteiger partial charge in [0.2, 0.25) is 5.91 Å². The molecule has 25 heavy (non-hydrogen) atoms. The van der Waals surface area contributed by atoms with Gasteiger partial charge in [-0.3, -0.25) is 14.5 Å². The van der Waals surface area contributed by atoms with Gasteiger partial charge in [-0.05, 0) is 42.7 Å². The van der Waals surface area contributed by atoms with E-state index in [0.29, 0.717) is 24.0 Å². The van der Waals surface area contributed by atoms with Crippen LogP contribution in [0, 0.1) is 5.82 Å². The van der Waals surface area contributed by atoms with E-state index in [1.807, 2.05) is 30.3 Å². The first-order chi connectivity index (χ1) is 12.1. The number of amides is 1. The van der Waals surface area contributed by atoms with Crippen LogP contribution in [0.2, 0.25) is 0 Å². The number of para-hydroxylation sites is 1. The summed E-state index contributed by atoms with van der Waals surface area (Å²) in [4.78, 5) is 27.3. The first kappa shape index (κ1) is 15.8. The Morgan fingerprint density at radius 2 is 1.76 bits per heavy atom. The number of allylic oxidation sites excluding steroid dienone is 2. The van der Waals surface area contributed by atoms with Crippen LogP contribution in [-0.4, -0.2) is 11.7 Å². The molecule has 1 amide bonds. The van der Waals surface area contributed by atoms with E-state index in [-0.39, 0.29) is 29.8 Å². The average molecular weight is 335 g/mol. The molecule has 0 spiro atoms. The topological polar surface area (TPSA) is 37.4 Å². The van der Waals surface area contributed by atoms with Crippen molar-refractivity contribution in [1.82, 2.24) is 0 Å². The molecule has 1 aliphatic carbocycles. The predicted molar refractivity (Wildman–Crippen MR) is 93.6 cm³/mol. The van der Waals surface area contributed by atoms with Crippen molar-refractivity contribution in [3.63, 3.8) is 0 Å². The highest BCUT2D eigenvalue weighted by Crippen LogP contribution is 2.43. The Morgan fingerprint density at radius 3 is 2.52 bits per heavy atom. The molecule has 0 saturated carbocycles. The van der Waals surface area contributed by atoms with Crippen LogP contribution < -0.4 is 4.90 Å². The van der Waals surface area contributed by atoms with Gasteiger partial charge in [0.25, 0.3) is 0 Å². The third kappa shape index (κ3) is 2.78. The molecule has 1 unspecified atom stereocenters. The molecule has 4 heteroatoms. The lowest BCUT2D eigenvalue weighted by Crippen LogP contribution is -2.40. The maximum absolute atomic E-state index is 13.7. The van der Waals surface area contributed by atoms with Gasteiger partial charge in [-0.2, -0.15) is 0 Å². The van der Waals surface area contributed by atoms with Crippen molar-refractivity contribution in [2.75, 3.05) is 4.90 Å². The number of rotatable bonds is 2. The van der Waals surface area contributed by atoms with Crippen LogP contribution in [0.1, 0.15) is 37.2 Å². The summed E-state index contributed by atoms with van der Waals surface area (Å²) < 4.78 is 13.7. The van der Waals surface area contributed by atoms with E-state index in [9.17, 15) is 14.0 Å². The molecule has 1 aliphatic heterocycles. The standard InChI is InChI=1S/C21H18FNO2/c22-15-7-4-6-14(12-15)17-13-20(25)23(16-8-2-1-3-9-16)18-10-5-11-19(24)21(17)18/h1-4,6-9,12,17H,5,10-11,13H2. The lowest BCUT2D eigenvalue weighted by molar-refractivity contribution is -0.119. The Labute approximate surface area is 145 Å². The third-order valence-electron chi connectivity index (χ3n) is 4.94. The molecule has 0 aromatic heterocycles. The maximum Gasteiger partial charge on any atom is 0.232 e. The van der Waals surface area contributed by atoms with Gasteiger partial charge in [-0.25, -0.2) is 4.39 Å². The number of nitrogens with zero attached hydrogens (tertiary/aromatic N) is 1. The highest BCUT2D eigenvalue weighted by Gasteiger charge is 2.39. The Balaban J connectivity index is 1.87. The van der Waals surface area contributed by atoms with E-state index in [4.69, 9.17) is 0 Å². The fourth-order valence-corrected chi connectivity index (χ4v) is 3.88. The number of Topliss-reactive ketones (excluding diaryl/α,β-unsaturated/α-hetero) is 1. The van der Waals surface area contributed by atoms with Crippen LogP contribution in [-0.2, 0) is 9.59 Å². The van der Waals surface area contributed by atoms with Gasteiger partial charge < -0.3 is 0 Å². The van der Waals surface area contributed by atoms with Crippen LogP contribution in [0.15, 0.2) is 65.9 Å². The van der Waals surface area contributed by atoms with Crippen molar-refractivity contribution in [3.05, 3.63) is 77.2 Å². The zero-order chi connectivity index (χ0) is 17.4.